The molecule has 8 aromatic carbocycles. The normalized spacial score (nSPS) is 13.0. The maximum Gasteiger partial charge on any atom is 0.127 e. The van der Waals surface area contributed by atoms with E-state index in [0.29, 0.717) is 0 Å². The Morgan fingerprint density at radius 3 is 1.25 bits per heavy atom. The van der Waals surface area contributed by atoms with Gasteiger partial charge in [-0.05, 0) is 115 Å². The molecule has 6 heteroatoms. The molecule has 1 aliphatic rings. The number of thiophene rings is 2. The molecule has 10 aromatic rings. The Balaban J connectivity index is 1.26. The van der Waals surface area contributed by atoms with Crippen LogP contribution < -0.4 is 9.47 Å². The van der Waals surface area contributed by atoms with Crippen LogP contribution in [0.3, 0.4) is 0 Å². The lowest BCUT2D eigenvalue weighted by molar-refractivity contribution is 0.203. The van der Waals surface area contributed by atoms with E-state index in [1.165, 1.54) is 63.3 Å². The summed E-state index contributed by atoms with van der Waals surface area (Å²) < 4.78 is 14.9. The number of hydrogen-bond donors (Lipinski definition) is 2. The van der Waals surface area contributed by atoms with Crippen molar-refractivity contribution in [3.8, 4) is 43.5 Å². The van der Waals surface area contributed by atoms with Gasteiger partial charge in [-0.15, -0.1) is 22.7 Å². The van der Waals surface area contributed by atoms with Gasteiger partial charge in [0, 0.05) is 29.9 Å². The lowest BCUT2D eigenvalue weighted by Gasteiger charge is -2.36. The molecule has 0 radical (unpaired) electrons. The van der Waals surface area contributed by atoms with Crippen LogP contribution in [-0.4, -0.2) is 36.6 Å². The van der Waals surface area contributed by atoms with E-state index in [9.17, 15) is 10.2 Å². The van der Waals surface area contributed by atoms with Crippen LogP contribution in [0.5, 0.6) is 11.5 Å². The van der Waals surface area contributed by atoms with Crippen molar-refractivity contribution in [1.82, 2.24) is 0 Å². The van der Waals surface area contributed by atoms with Crippen LogP contribution in [-0.2, 0) is 5.41 Å². The van der Waals surface area contributed by atoms with Gasteiger partial charge >= 0.3 is 0 Å². The maximum atomic E-state index is 9.76. The minimum atomic E-state index is -0.772. The highest BCUT2D eigenvalue weighted by Crippen LogP contribution is 2.60. The van der Waals surface area contributed by atoms with Gasteiger partial charge in [0.1, 0.15) is 24.7 Å². The first kappa shape index (κ1) is 35.8. The van der Waals surface area contributed by atoms with E-state index < -0.39 is 5.41 Å². The Morgan fingerprint density at radius 1 is 0.407 bits per heavy atom. The first-order valence-corrected chi connectivity index (χ1v) is 21.6. The molecule has 0 fully saturated rings. The molecule has 0 spiro atoms. The van der Waals surface area contributed by atoms with Gasteiger partial charge in [0.2, 0.25) is 0 Å². The van der Waals surface area contributed by atoms with E-state index >= 15 is 0 Å². The van der Waals surface area contributed by atoms with Crippen molar-refractivity contribution in [3.63, 3.8) is 0 Å². The van der Waals surface area contributed by atoms with Crippen LogP contribution in [0.25, 0.3) is 73.7 Å². The Labute approximate surface area is 349 Å². The van der Waals surface area contributed by atoms with Gasteiger partial charge in [0.25, 0.3) is 0 Å². The number of hydrogen-bond acceptors (Lipinski definition) is 6. The Morgan fingerprint density at radius 2 is 0.814 bits per heavy atom. The van der Waals surface area contributed by atoms with Crippen molar-refractivity contribution >= 4 is 64.4 Å². The van der Waals surface area contributed by atoms with Crippen molar-refractivity contribution in [2.45, 2.75) is 5.41 Å². The van der Waals surface area contributed by atoms with Gasteiger partial charge in [0.15, 0.2) is 0 Å². The van der Waals surface area contributed by atoms with Crippen molar-refractivity contribution in [2.24, 2.45) is 0 Å². The number of rotatable bonds is 10. The summed E-state index contributed by atoms with van der Waals surface area (Å²) in [6, 6.07) is 61.6. The molecule has 2 aromatic heterocycles. The van der Waals surface area contributed by atoms with Gasteiger partial charge < -0.3 is 19.7 Å². The fourth-order valence-electron chi connectivity index (χ4n) is 9.37. The highest BCUT2D eigenvalue weighted by atomic mass is 32.1. The molecule has 0 unspecified atom stereocenters. The molecule has 0 saturated carbocycles. The molecular weight excluding hydrogens is 765 g/mol. The predicted molar refractivity (Wildman–Crippen MR) is 246 cm³/mol. The summed E-state index contributed by atoms with van der Waals surface area (Å²) in [5, 5.41) is 26.1. The number of fused-ring (bicyclic) bond motifs is 7. The second-order valence-corrected chi connectivity index (χ2v) is 17.2. The molecular formula is C53H38O4S2. The third kappa shape index (κ3) is 5.70. The van der Waals surface area contributed by atoms with E-state index in [2.05, 4.69) is 170 Å². The topological polar surface area (TPSA) is 58.9 Å². The van der Waals surface area contributed by atoms with Crippen molar-refractivity contribution in [2.75, 3.05) is 26.4 Å². The third-order valence-electron chi connectivity index (χ3n) is 11.8. The molecule has 0 bridgehead atoms. The van der Waals surface area contributed by atoms with Gasteiger partial charge in [-0.2, -0.15) is 0 Å². The van der Waals surface area contributed by atoms with E-state index in [1.54, 1.807) is 0 Å². The molecule has 286 valence electrons. The monoisotopic (exact) mass is 802 g/mol. The van der Waals surface area contributed by atoms with E-state index in [1.807, 2.05) is 22.7 Å². The third-order valence-corrected chi connectivity index (χ3v) is 14.2. The number of aliphatic hydroxyl groups excluding tert-OH is 2. The molecule has 4 nitrogen and oxygen atoms in total. The first-order chi connectivity index (χ1) is 29.1. The van der Waals surface area contributed by atoms with Crippen molar-refractivity contribution in [3.05, 3.63) is 192 Å². The van der Waals surface area contributed by atoms with Crippen LogP contribution in [0.4, 0.5) is 0 Å². The smallest absolute Gasteiger partial charge is 0.127 e. The van der Waals surface area contributed by atoms with Gasteiger partial charge in [-0.1, -0.05) is 121 Å². The molecule has 0 amide bonds. The zero-order valence-corrected chi connectivity index (χ0v) is 33.7. The quantitative estimate of drug-likeness (QED) is 0.145. The summed E-state index contributed by atoms with van der Waals surface area (Å²) >= 11 is 3.66. The molecule has 11 rings (SSSR count). The average molecular weight is 803 g/mol. The van der Waals surface area contributed by atoms with Crippen LogP contribution in [0.15, 0.2) is 170 Å². The van der Waals surface area contributed by atoms with Gasteiger partial charge in [-0.3, -0.25) is 0 Å². The predicted octanol–water partition coefficient (Wildman–Crippen LogP) is 12.9. The van der Waals surface area contributed by atoms with Crippen molar-refractivity contribution < 1.29 is 19.7 Å². The Kier molecular flexibility index (Phi) is 8.82. The second-order valence-electron chi connectivity index (χ2n) is 15.0. The number of aliphatic hydroxyl groups is 2. The highest BCUT2D eigenvalue weighted by Gasteiger charge is 2.48. The van der Waals surface area contributed by atoms with E-state index in [4.69, 9.17) is 9.47 Å². The van der Waals surface area contributed by atoms with Crippen LogP contribution >= 0.6 is 22.7 Å². The molecule has 0 aliphatic heterocycles. The summed E-state index contributed by atoms with van der Waals surface area (Å²) in [5.74, 6) is 1.48. The summed E-state index contributed by atoms with van der Waals surface area (Å²) in [7, 11) is 0. The van der Waals surface area contributed by atoms with E-state index in [-0.39, 0.29) is 26.4 Å². The summed E-state index contributed by atoms with van der Waals surface area (Å²) in [6.45, 7) is 0.283. The molecule has 2 N–H and O–H groups in total. The Hall–Kier alpha value is -6.28. The molecule has 1 aliphatic carbocycles. The lowest BCUT2D eigenvalue weighted by atomic mass is 9.65. The number of benzene rings is 8. The minimum absolute atomic E-state index is 0.0677. The lowest BCUT2D eigenvalue weighted by Crippen LogP contribution is -2.29. The summed E-state index contributed by atoms with van der Waals surface area (Å²) in [6.07, 6.45) is 0. The van der Waals surface area contributed by atoms with Crippen LogP contribution in [0.1, 0.15) is 22.3 Å². The molecule has 2 heterocycles. The highest BCUT2D eigenvalue weighted by molar-refractivity contribution is 7.22. The molecule has 59 heavy (non-hydrogen) atoms. The van der Waals surface area contributed by atoms with Gasteiger partial charge in [0.05, 0.1) is 18.6 Å². The molecule has 0 atom stereocenters. The van der Waals surface area contributed by atoms with Crippen molar-refractivity contribution in [1.29, 1.82) is 0 Å². The number of ether oxygens (including phenoxy) is 2. The second kappa shape index (κ2) is 14.5. The summed E-state index contributed by atoms with van der Waals surface area (Å²) in [5.41, 5.74) is 8.70. The Bertz CT molecular complexity index is 2950. The minimum Gasteiger partial charge on any atom is -0.491 e. The van der Waals surface area contributed by atoms with Crippen LogP contribution in [0, 0.1) is 0 Å². The van der Waals surface area contributed by atoms with E-state index in [0.717, 1.165) is 44.2 Å². The zero-order chi connectivity index (χ0) is 39.5. The zero-order valence-electron chi connectivity index (χ0n) is 32.0. The first-order valence-electron chi connectivity index (χ1n) is 19.9. The fourth-order valence-corrected chi connectivity index (χ4v) is 11.5. The average Bonchev–Trinajstić information content (AvgIpc) is 4.00. The van der Waals surface area contributed by atoms with Gasteiger partial charge in [-0.25, -0.2) is 0 Å². The van der Waals surface area contributed by atoms with Crippen LogP contribution in [0.2, 0.25) is 0 Å². The molecule has 0 saturated heterocycles. The fraction of sp³-hybridized carbons (Fsp3) is 0.0943. The summed E-state index contributed by atoms with van der Waals surface area (Å²) in [4.78, 5) is 2.47. The SMILES string of the molecule is OCCOc1ccc(C2(c3ccc(OCCO)c4ccccc34)c3ccc(-c4cc5ccccc5s4)cc3-c3cc(-c4cc5ccccc5s4)ccc32)c2ccccc12. The standard InChI is InChI=1S/C53H38O4S2/c54-25-27-56-47-23-21-43(37-11-3-5-13-39(37)47)53(44-22-24-48(57-28-26-55)40-14-6-4-12-38(40)44)45-19-17-35(51-31-33-9-1-7-15-49(33)58-51)29-41(45)42-30-36(18-20-46(42)53)52-32-34-10-2-8-16-50(34)59-52/h1-24,29-32,54-55H,25-28H2. The largest absolute Gasteiger partial charge is 0.491 e. The maximum absolute atomic E-state index is 9.76.